The quantitative estimate of drug-likeness (QED) is 0.217. The van der Waals surface area contributed by atoms with Crippen LogP contribution in [0.15, 0.2) is 0 Å². The predicted molar refractivity (Wildman–Crippen MR) is 131 cm³/mol. The Morgan fingerprint density at radius 2 is 1.27 bits per heavy atom. The number of amides is 4. The molecule has 0 aliphatic carbocycles. The third-order valence-corrected chi connectivity index (χ3v) is 6.35. The van der Waals surface area contributed by atoms with Crippen LogP contribution >= 0.6 is 0 Å². The van der Waals surface area contributed by atoms with Crippen LogP contribution in [-0.2, 0) is 19.2 Å². The molecule has 33 heavy (non-hydrogen) atoms. The summed E-state index contributed by atoms with van der Waals surface area (Å²) in [4.78, 5) is 50.6. The van der Waals surface area contributed by atoms with Gasteiger partial charge in [-0.2, -0.15) is 0 Å². The molecule has 9 nitrogen and oxygen atoms in total. The second-order valence-corrected chi connectivity index (χ2v) is 9.47. The lowest BCUT2D eigenvalue weighted by atomic mass is 9.96. The minimum atomic E-state index is -0.837. The lowest BCUT2D eigenvalue weighted by molar-refractivity contribution is -0.135. The standard InChI is InChI=1S/C24H47N5O4/c1-8-11-12-13-17(22(31)29-20(21(26)30)16(7)10-3)27-24(33)19(14(4)5)28-23(32)18(25)15(6)9-2/h14-20H,8-13,25H2,1-7H3,(H2,26,30)(H,27,33)(H,28,32)(H,29,31)/t15-,16-,17?,18?,19?,20?/m0/s1. The zero-order valence-corrected chi connectivity index (χ0v) is 21.6. The molecule has 0 aromatic heterocycles. The fourth-order valence-electron chi connectivity index (χ4n) is 3.41. The topological polar surface area (TPSA) is 156 Å². The molecule has 192 valence electrons. The monoisotopic (exact) mass is 469 g/mol. The van der Waals surface area contributed by atoms with E-state index in [9.17, 15) is 19.2 Å². The van der Waals surface area contributed by atoms with Crippen LogP contribution in [0.1, 0.15) is 87.0 Å². The van der Waals surface area contributed by atoms with Crippen molar-refractivity contribution in [2.24, 2.45) is 29.2 Å². The molecule has 0 heterocycles. The summed E-state index contributed by atoms with van der Waals surface area (Å²) in [5, 5.41) is 8.25. The number of nitrogens with two attached hydrogens (primary N) is 2. The normalized spacial score (nSPS) is 16.8. The van der Waals surface area contributed by atoms with E-state index in [0.29, 0.717) is 12.8 Å². The third-order valence-electron chi connectivity index (χ3n) is 6.35. The average Bonchev–Trinajstić information content (AvgIpc) is 2.77. The van der Waals surface area contributed by atoms with Crippen LogP contribution in [0.2, 0.25) is 0 Å². The van der Waals surface area contributed by atoms with Crippen LogP contribution in [0.5, 0.6) is 0 Å². The Balaban J connectivity index is 5.52. The maximum atomic E-state index is 13.1. The highest BCUT2D eigenvalue weighted by Gasteiger charge is 2.32. The number of hydrogen-bond donors (Lipinski definition) is 5. The Labute approximate surface area is 199 Å². The highest BCUT2D eigenvalue weighted by molar-refractivity contribution is 5.94. The Hall–Kier alpha value is -2.16. The summed E-state index contributed by atoms with van der Waals surface area (Å²) in [5.41, 5.74) is 11.5. The summed E-state index contributed by atoms with van der Waals surface area (Å²) in [6.07, 6.45) is 4.41. The van der Waals surface area contributed by atoms with Crippen molar-refractivity contribution in [3.05, 3.63) is 0 Å². The van der Waals surface area contributed by atoms with E-state index in [1.165, 1.54) is 0 Å². The van der Waals surface area contributed by atoms with Gasteiger partial charge in [0.2, 0.25) is 23.6 Å². The molecule has 0 saturated heterocycles. The Kier molecular flexibility index (Phi) is 14.6. The van der Waals surface area contributed by atoms with Crippen molar-refractivity contribution in [1.29, 1.82) is 0 Å². The number of nitrogens with one attached hydrogen (secondary N) is 3. The van der Waals surface area contributed by atoms with Gasteiger partial charge in [-0.15, -0.1) is 0 Å². The van der Waals surface area contributed by atoms with E-state index in [4.69, 9.17) is 11.5 Å². The van der Waals surface area contributed by atoms with Crippen LogP contribution in [-0.4, -0.2) is 47.8 Å². The van der Waals surface area contributed by atoms with Crippen LogP contribution in [0.25, 0.3) is 0 Å². The molecule has 7 N–H and O–H groups in total. The van der Waals surface area contributed by atoms with Crippen molar-refractivity contribution >= 4 is 23.6 Å². The van der Waals surface area contributed by atoms with Gasteiger partial charge < -0.3 is 27.4 Å². The molecule has 4 amide bonds. The van der Waals surface area contributed by atoms with Gasteiger partial charge in [0.25, 0.3) is 0 Å². The first-order chi connectivity index (χ1) is 15.4. The van der Waals surface area contributed by atoms with Gasteiger partial charge in [0.1, 0.15) is 18.1 Å². The molecule has 0 radical (unpaired) electrons. The molecule has 0 spiro atoms. The fourth-order valence-corrected chi connectivity index (χ4v) is 3.41. The van der Waals surface area contributed by atoms with E-state index in [2.05, 4.69) is 16.0 Å². The fraction of sp³-hybridized carbons (Fsp3) is 0.833. The number of primary amides is 1. The van der Waals surface area contributed by atoms with Gasteiger partial charge in [0, 0.05) is 0 Å². The second-order valence-electron chi connectivity index (χ2n) is 9.47. The van der Waals surface area contributed by atoms with Crippen molar-refractivity contribution in [3.8, 4) is 0 Å². The minimum Gasteiger partial charge on any atom is -0.368 e. The molecule has 0 bridgehead atoms. The summed E-state index contributed by atoms with van der Waals surface area (Å²) in [7, 11) is 0. The van der Waals surface area contributed by atoms with Gasteiger partial charge in [-0.3, -0.25) is 19.2 Å². The molecule has 0 fully saturated rings. The van der Waals surface area contributed by atoms with Crippen LogP contribution in [0.4, 0.5) is 0 Å². The number of rotatable bonds is 16. The van der Waals surface area contributed by atoms with Gasteiger partial charge in [-0.1, -0.05) is 80.6 Å². The highest BCUT2D eigenvalue weighted by Crippen LogP contribution is 2.12. The van der Waals surface area contributed by atoms with Gasteiger partial charge in [-0.25, -0.2) is 0 Å². The third kappa shape index (κ3) is 10.5. The Morgan fingerprint density at radius 3 is 1.73 bits per heavy atom. The van der Waals surface area contributed by atoms with E-state index < -0.39 is 47.8 Å². The first kappa shape index (κ1) is 30.8. The van der Waals surface area contributed by atoms with Crippen LogP contribution in [0.3, 0.4) is 0 Å². The van der Waals surface area contributed by atoms with E-state index in [1.54, 1.807) is 0 Å². The Morgan fingerprint density at radius 1 is 0.727 bits per heavy atom. The largest absolute Gasteiger partial charge is 0.368 e. The first-order valence-electron chi connectivity index (χ1n) is 12.4. The van der Waals surface area contributed by atoms with Crippen LogP contribution in [0, 0.1) is 17.8 Å². The molecular weight excluding hydrogens is 422 g/mol. The number of unbranched alkanes of at least 4 members (excludes halogenated alkanes) is 2. The van der Waals surface area contributed by atoms with Crippen molar-refractivity contribution in [2.45, 2.75) is 111 Å². The first-order valence-corrected chi connectivity index (χ1v) is 12.4. The lowest BCUT2D eigenvalue weighted by Crippen LogP contribution is -2.59. The van der Waals surface area contributed by atoms with Gasteiger partial charge in [-0.05, 0) is 24.2 Å². The predicted octanol–water partition coefficient (Wildman–Crippen LogP) is 1.58. The van der Waals surface area contributed by atoms with Gasteiger partial charge >= 0.3 is 0 Å². The summed E-state index contributed by atoms with van der Waals surface area (Å²) in [6.45, 7) is 13.3. The van der Waals surface area contributed by atoms with E-state index in [0.717, 1.165) is 25.7 Å². The number of carbonyl (C=O) groups excluding carboxylic acids is 4. The molecule has 4 unspecified atom stereocenters. The van der Waals surface area contributed by atoms with Crippen molar-refractivity contribution < 1.29 is 19.2 Å². The zero-order valence-electron chi connectivity index (χ0n) is 21.6. The summed E-state index contributed by atoms with van der Waals surface area (Å²) in [5.74, 6) is -2.28. The molecule has 0 saturated carbocycles. The smallest absolute Gasteiger partial charge is 0.243 e. The summed E-state index contributed by atoms with van der Waals surface area (Å²) < 4.78 is 0. The van der Waals surface area contributed by atoms with E-state index in [1.807, 2.05) is 48.5 Å². The molecule has 6 atom stereocenters. The van der Waals surface area contributed by atoms with Crippen LogP contribution < -0.4 is 27.4 Å². The molecule has 0 rings (SSSR count). The molecule has 0 aliphatic heterocycles. The number of carbonyl (C=O) groups is 4. The number of hydrogen-bond acceptors (Lipinski definition) is 5. The Bertz CT molecular complexity index is 640. The summed E-state index contributed by atoms with van der Waals surface area (Å²) in [6, 6.07) is -3.21. The highest BCUT2D eigenvalue weighted by atomic mass is 16.2. The average molecular weight is 470 g/mol. The maximum Gasteiger partial charge on any atom is 0.243 e. The van der Waals surface area contributed by atoms with E-state index in [-0.39, 0.29) is 17.8 Å². The van der Waals surface area contributed by atoms with Crippen molar-refractivity contribution in [2.75, 3.05) is 0 Å². The molecule has 9 heteroatoms. The second kappa shape index (κ2) is 15.6. The maximum absolute atomic E-state index is 13.1. The van der Waals surface area contributed by atoms with Gasteiger partial charge in [0.05, 0.1) is 6.04 Å². The minimum absolute atomic E-state index is 0.0280. The molecule has 0 aliphatic rings. The zero-order chi connectivity index (χ0) is 25.7. The van der Waals surface area contributed by atoms with Crippen molar-refractivity contribution in [3.63, 3.8) is 0 Å². The molecule has 0 aromatic carbocycles. The van der Waals surface area contributed by atoms with E-state index >= 15 is 0 Å². The van der Waals surface area contributed by atoms with Crippen molar-refractivity contribution in [1.82, 2.24) is 16.0 Å². The molecule has 0 aromatic rings. The molecular formula is C24H47N5O4. The summed E-state index contributed by atoms with van der Waals surface area (Å²) >= 11 is 0. The van der Waals surface area contributed by atoms with Gasteiger partial charge in [0.15, 0.2) is 0 Å². The lowest BCUT2D eigenvalue weighted by Gasteiger charge is -2.28. The SMILES string of the molecule is CCCCCC(NC(=O)C(NC(=O)C(N)[C@@H](C)CC)C(C)C)C(=O)NC(C(N)=O)[C@@H](C)CC.